The fourth-order valence-electron chi connectivity index (χ4n) is 3.11. The van der Waals surface area contributed by atoms with E-state index < -0.39 is 29.4 Å². The van der Waals surface area contributed by atoms with E-state index in [0.717, 1.165) is 28.9 Å². The first-order valence-corrected chi connectivity index (χ1v) is 11.1. The molecule has 13 heteroatoms. The quantitative estimate of drug-likeness (QED) is 0.162. The van der Waals surface area contributed by atoms with E-state index in [9.17, 15) is 26.7 Å². The average molecular weight is 554 g/mol. The molecule has 37 heavy (non-hydrogen) atoms. The van der Waals surface area contributed by atoms with E-state index in [2.05, 4.69) is 20.7 Å². The van der Waals surface area contributed by atoms with Crippen molar-refractivity contribution in [1.29, 1.82) is 0 Å². The molecule has 0 bridgehead atoms. The number of hydrogen-bond donors (Lipinski definition) is 2. The van der Waals surface area contributed by atoms with E-state index in [-0.39, 0.29) is 33.7 Å². The summed E-state index contributed by atoms with van der Waals surface area (Å²) in [5.41, 5.74) is -1.02. The summed E-state index contributed by atoms with van der Waals surface area (Å²) in [4.78, 5) is 16.9. The Bertz CT molecular complexity index is 1450. The Labute approximate surface area is 216 Å². The summed E-state index contributed by atoms with van der Waals surface area (Å²) in [6, 6.07) is 14.3. The number of halogens is 7. The first-order valence-electron chi connectivity index (χ1n) is 10.3. The Morgan fingerprint density at radius 1 is 0.865 bits per heavy atom. The van der Waals surface area contributed by atoms with E-state index in [1.54, 1.807) is 0 Å². The van der Waals surface area contributed by atoms with Crippen molar-refractivity contribution in [3.63, 3.8) is 0 Å². The number of alkyl halides is 3. The zero-order valence-corrected chi connectivity index (χ0v) is 19.8. The highest BCUT2D eigenvalue weighted by molar-refractivity contribution is 6.31. The van der Waals surface area contributed by atoms with Crippen LogP contribution in [-0.2, 0) is 6.18 Å². The lowest BCUT2D eigenvalue weighted by atomic mass is 10.2. The van der Waals surface area contributed by atoms with Gasteiger partial charge in [0.1, 0.15) is 11.6 Å². The number of guanidine groups is 1. The number of amides is 1. The summed E-state index contributed by atoms with van der Waals surface area (Å²) < 4.78 is 68.5. The fraction of sp³-hybridized carbons (Fsp3) is 0.0417. The molecule has 1 aromatic heterocycles. The van der Waals surface area contributed by atoms with Gasteiger partial charge in [-0.15, -0.1) is 0 Å². The Morgan fingerprint density at radius 2 is 1.54 bits per heavy atom. The van der Waals surface area contributed by atoms with Crippen molar-refractivity contribution in [2.75, 3.05) is 5.32 Å². The molecule has 1 heterocycles. The van der Waals surface area contributed by atoms with Gasteiger partial charge in [-0.2, -0.15) is 23.3 Å². The smallest absolute Gasteiger partial charge is 0.325 e. The van der Waals surface area contributed by atoms with Gasteiger partial charge < -0.3 is 5.32 Å². The molecule has 0 atom stereocenters. The van der Waals surface area contributed by atoms with Crippen LogP contribution in [0.1, 0.15) is 16.1 Å². The van der Waals surface area contributed by atoms with Crippen molar-refractivity contribution in [3.05, 3.63) is 106 Å². The summed E-state index contributed by atoms with van der Waals surface area (Å²) in [5.74, 6) is -2.78. The van der Waals surface area contributed by atoms with Crippen molar-refractivity contribution in [1.82, 2.24) is 15.1 Å². The van der Waals surface area contributed by atoms with Crippen LogP contribution >= 0.6 is 23.2 Å². The molecule has 1 amide bonds. The standard InChI is InChI=1S/C24H14Cl2F5N5O/c25-14-3-1-13(2-4-14)22(37)34-23(32-18-10-15(26)9-17(28)11-18)33-21-12-20(24(29,30)31)35-36(21)19-7-5-16(27)6-8-19/h1-12H,(H2,32,33,34,37). The summed E-state index contributed by atoms with van der Waals surface area (Å²) >= 11 is 11.7. The number of nitrogens with one attached hydrogen (secondary N) is 2. The number of carbonyl (C=O) groups is 1. The molecule has 0 spiro atoms. The molecule has 0 aliphatic carbocycles. The zero-order chi connectivity index (χ0) is 26.7. The Kier molecular flexibility index (Phi) is 7.46. The average Bonchev–Trinajstić information content (AvgIpc) is 3.23. The molecular formula is C24H14Cl2F5N5O. The summed E-state index contributed by atoms with van der Waals surface area (Å²) in [6.45, 7) is 0. The van der Waals surface area contributed by atoms with Gasteiger partial charge in [0.05, 0.1) is 5.69 Å². The molecule has 0 fully saturated rings. The molecule has 0 aliphatic heterocycles. The third kappa shape index (κ3) is 6.63. The number of rotatable bonds is 4. The van der Waals surface area contributed by atoms with Gasteiger partial charge in [0.15, 0.2) is 11.5 Å². The molecule has 4 rings (SSSR count). The van der Waals surface area contributed by atoms with Crippen LogP contribution in [0.3, 0.4) is 0 Å². The molecule has 4 aromatic rings. The van der Waals surface area contributed by atoms with Gasteiger partial charge in [0.25, 0.3) is 5.91 Å². The second kappa shape index (κ2) is 10.6. The van der Waals surface area contributed by atoms with Crippen LogP contribution in [0.5, 0.6) is 0 Å². The molecule has 0 radical (unpaired) electrons. The van der Waals surface area contributed by atoms with Gasteiger partial charge in [0, 0.05) is 27.4 Å². The Balaban J connectivity index is 1.80. The predicted molar refractivity (Wildman–Crippen MR) is 130 cm³/mol. The number of aliphatic imine (C=N–C) groups is 1. The lowest BCUT2D eigenvalue weighted by molar-refractivity contribution is -0.141. The van der Waals surface area contributed by atoms with E-state index in [1.807, 2.05) is 0 Å². The molecule has 0 saturated heterocycles. The SMILES string of the molecule is O=C(NC(=Nc1cc(C(F)(F)F)nn1-c1ccc(F)cc1)Nc1cc(F)cc(Cl)c1)c1ccc(Cl)cc1. The number of carbonyl (C=O) groups excluding carboxylic acids is 1. The van der Waals surface area contributed by atoms with Crippen LogP contribution in [0, 0.1) is 11.6 Å². The number of nitrogens with zero attached hydrogens (tertiary/aromatic N) is 3. The van der Waals surface area contributed by atoms with Crippen LogP contribution in [0.4, 0.5) is 33.5 Å². The molecule has 0 saturated carbocycles. The normalized spacial score (nSPS) is 11.9. The maximum Gasteiger partial charge on any atom is 0.435 e. The minimum atomic E-state index is -4.83. The highest BCUT2D eigenvalue weighted by Crippen LogP contribution is 2.32. The van der Waals surface area contributed by atoms with Crippen LogP contribution in [-0.4, -0.2) is 21.6 Å². The fourth-order valence-corrected chi connectivity index (χ4v) is 3.45. The van der Waals surface area contributed by atoms with Crippen molar-refractivity contribution < 1.29 is 26.7 Å². The van der Waals surface area contributed by atoms with Crippen molar-refractivity contribution in [2.45, 2.75) is 6.18 Å². The van der Waals surface area contributed by atoms with E-state index in [0.29, 0.717) is 11.1 Å². The van der Waals surface area contributed by atoms with Gasteiger partial charge >= 0.3 is 6.18 Å². The topological polar surface area (TPSA) is 71.3 Å². The minimum Gasteiger partial charge on any atom is -0.325 e. The highest BCUT2D eigenvalue weighted by atomic mass is 35.5. The predicted octanol–water partition coefficient (Wildman–Crippen LogP) is 7.01. The molecule has 0 aliphatic rings. The number of benzene rings is 3. The highest BCUT2D eigenvalue weighted by Gasteiger charge is 2.35. The van der Waals surface area contributed by atoms with Gasteiger partial charge in [-0.1, -0.05) is 23.2 Å². The van der Waals surface area contributed by atoms with E-state index in [1.165, 1.54) is 42.5 Å². The molecule has 6 nitrogen and oxygen atoms in total. The first-order chi connectivity index (χ1) is 17.5. The van der Waals surface area contributed by atoms with Gasteiger partial charge in [0.2, 0.25) is 5.96 Å². The number of hydrogen-bond acceptors (Lipinski definition) is 3. The Morgan fingerprint density at radius 3 is 2.16 bits per heavy atom. The maximum atomic E-state index is 13.9. The second-order valence-corrected chi connectivity index (χ2v) is 8.35. The van der Waals surface area contributed by atoms with Crippen molar-refractivity contribution >= 4 is 46.6 Å². The van der Waals surface area contributed by atoms with Crippen molar-refractivity contribution in [3.8, 4) is 5.69 Å². The van der Waals surface area contributed by atoms with Crippen molar-refractivity contribution in [2.24, 2.45) is 4.99 Å². The maximum absolute atomic E-state index is 13.9. The minimum absolute atomic E-state index is 0.0154. The zero-order valence-electron chi connectivity index (χ0n) is 18.3. The first kappa shape index (κ1) is 26.1. The second-order valence-electron chi connectivity index (χ2n) is 7.48. The largest absolute Gasteiger partial charge is 0.435 e. The molecule has 3 aromatic carbocycles. The third-order valence-corrected chi connectivity index (χ3v) is 5.21. The van der Waals surface area contributed by atoms with Gasteiger partial charge in [-0.3, -0.25) is 10.1 Å². The van der Waals surface area contributed by atoms with E-state index >= 15 is 0 Å². The lowest BCUT2D eigenvalue weighted by Gasteiger charge is -2.13. The number of aromatic nitrogens is 2. The lowest BCUT2D eigenvalue weighted by Crippen LogP contribution is -2.36. The molecule has 190 valence electrons. The van der Waals surface area contributed by atoms with Gasteiger partial charge in [-0.25, -0.2) is 13.5 Å². The summed E-state index contributed by atoms with van der Waals surface area (Å²) in [6.07, 6.45) is -4.83. The van der Waals surface area contributed by atoms with Gasteiger partial charge in [-0.05, 0) is 66.7 Å². The molecule has 2 N–H and O–H groups in total. The molecular weight excluding hydrogens is 540 g/mol. The Hall–Kier alpha value is -3.96. The van der Waals surface area contributed by atoms with E-state index in [4.69, 9.17) is 23.2 Å². The van der Waals surface area contributed by atoms with Crippen LogP contribution in [0.25, 0.3) is 5.69 Å². The van der Waals surface area contributed by atoms with Crippen LogP contribution < -0.4 is 10.6 Å². The number of anilines is 1. The summed E-state index contributed by atoms with van der Waals surface area (Å²) in [7, 11) is 0. The summed E-state index contributed by atoms with van der Waals surface area (Å²) in [5, 5.41) is 9.01. The van der Waals surface area contributed by atoms with Crippen LogP contribution in [0.2, 0.25) is 10.0 Å². The monoisotopic (exact) mass is 553 g/mol. The molecule has 0 unspecified atom stereocenters. The van der Waals surface area contributed by atoms with Crippen LogP contribution in [0.15, 0.2) is 77.8 Å². The third-order valence-electron chi connectivity index (χ3n) is 4.74.